The van der Waals surface area contributed by atoms with Crippen LogP contribution in [0.5, 0.6) is 0 Å². The molecule has 0 fully saturated rings. The third-order valence-corrected chi connectivity index (χ3v) is 37.8. The van der Waals surface area contributed by atoms with Crippen LogP contribution in [0.2, 0.25) is 0 Å². The van der Waals surface area contributed by atoms with E-state index in [1.54, 1.807) is 0 Å². The SMILES string of the molecule is Cc1c(C)c2c(C)c(C)c(C)c3c4c(C)c5c(c(C)c4c(c1C)c23)c1c(C)c(C)c2c3c(C)c4c(c(C)c3c3c(C)c(C)c5c1c23)c1c(C)c(C)c(C)c2c(C)c(C)c(C)c4c21.Cc1c(C)c2c(C)c(C)c(C)c3c4c(C)c5c(c(C)c4c(c1C)c23)c1c(C)c(C)c2c3c(C)c4c(c(C)c3c3c(C)c(C)c5c1c23)c1c(C)c(C)c(C)c2c(C)c(C)c(C)c4c21. The molecule has 0 heteroatoms. The lowest BCUT2D eigenvalue weighted by Gasteiger charge is -2.17. The Kier molecular flexibility index (Phi) is 14.9. The van der Waals surface area contributed by atoms with Crippen LogP contribution < -0.4 is 0 Å². The van der Waals surface area contributed by atoms with Crippen molar-refractivity contribution in [1.29, 1.82) is 0 Å². The Bertz CT molecular complexity index is 7870. The summed E-state index contributed by atoms with van der Waals surface area (Å²) in [6, 6.07) is 0. The maximum Gasteiger partial charge on any atom is -0.000793 e. The Balaban J connectivity index is 0.000000143. The largest absolute Gasteiger partial charge is 0.0440 e. The van der Waals surface area contributed by atoms with Crippen molar-refractivity contribution >= 4 is 237 Å². The molecule has 124 heavy (non-hydrogen) atoms. The van der Waals surface area contributed by atoms with Crippen molar-refractivity contribution in [2.24, 2.45) is 0 Å². The second kappa shape index (κ2) is 23.8. The minimum Gasteiger partial charge on any atom is -0.0440 e. The van der Waals surface area contributed by atoms with Crippen molar-refractivity contribution in [3.8, 4) is 0 Å². The highest BCUT2D eigenvalue weighted by molar-refractivity contribution is 6.53. The number of hydrogen-bond donors (Lipinski definition) is 0. The van der Waals surface area contributed by atoms with Gasteiger partial charge in [-0.2, -0.15) is 0 Å². The van der Waals surface area contributed by atoms with Crippen molar-refractivity contribution in [3.63, 3.8) is 0 Å². The van der Waals surface area contributed by atoms with Gasteiger partial charge in [-0.25, -0.2) is 0 Å². The highest BCUT2D eigenvalue weighted by Gasteiger charge is 2.39. The lowest BCUT2D eigenvalue weighted by atomic mass is 9.86. The average Bonchev–Trinajstić information content (AvgIpc) is 1.49. The predicted octanol–water partition coefficient (Wildman–Crippen LogP) is 36.6. The van der Waals surface area contributed by atoms with Crippen LogP contribution in [-0.2, 0) is 0 Å². The van der Waals surface area contributed by atoms with Crippen LogP contribution in [0.25, 0.3) is 237 Å². The van der Waals surface area contributed by atoms with Crippen molar-refractivity contribution in [3.05, 3.63) is 223 Å². The molecule has 0 spiro atoms. The second-order valence-electron chi connectivity index (χ2n) is 41.5. The quantitative estimate of drug-likeness (QED) is 0.142. The summed E-state index contributed by atoms with van der Waals surface area (Å²) in [6.45, 7) is 96.4. The molecule has 0 bridgehead atoms. The van der Waals surface area contributed by atoms with Crippen molar-refractivity contribution in [1.82, 2.24) is 0 Å². The Hall–Kier alpha value is -10.9. The number of hydrogen-bond acceptors (Lipinski definition) is 0. The zero-order valence-corrected chi connectivity index (χ0v) is 82.0. The summed E-state index contributed by atoms with van der Waals surface area (Å²) in [6.07, 6.45) is 0. The number of benzene rings is 16. The van der Waals surface area contributed by atoms with E-state index in [0.717, 1.165) is 0 Å². The fourth-order valence-electron chi connectivity index (χ4n) is 29.4. The zero-order chi connectivity index (χ0) is 88.5. The Morgan fingerprint density at radius 2 is 0.0887 bits per heavy atom. The number of rotatable bonds is 0. The van der Waals surface area contributed by atoms with E-state index >= 15 is 0 Å². The molecule has 0 unspecified atom stereocenters. The first-order chi connectivity index (χ1) is 58.4. The van der Waals surface area contributed by atoms with Crippen LogP contribution in [0, 0.1) is 277 Å². The first-order valence-corrected chi connectivity index (χ1v) is 46.5. The van der Waals surface area contributed by atoms with E-state index in [4.69, 9.17) is 0 Å². The second-order valence-corrected chi connectivity index (χ2v) is 41.5. The molecule has 0 saturated carbocycles. The van der Waals surface area contributed by atoms with Gasteiger partial charge in [0.15, 0.2) is 0 Å². The average molecular weight is 1610 g/mol. The van der Waals surface area contributed by atoms with Crippen LogP contribution in [0.1, 0.15) is 223 Å². The van der Waals surface area contributed by atoms with Crippen LogP contribution in [0.15, 0.2) is 0 Å². The van der Waals surface area contributed by atoms with Gasteiger partial charge in [0.2, 0.25) is 0 Å². The molecule has 0 aliphatic rings. The molecule has 0 aromatic heterocycles. The third kappa shape index (κ3) is 7.89. The Labute approximate surface area is 731 Å². The van der Waals surface area contributed by atoms with Gasteiger partial charge in [-0.3, -0.25) is 0 Å². The van der Waals surface area contributed by atoms with Gasteiger partial charge in [-0.1, -0.05) is 0 Å². The molecule has 0 aliphatic heterocycles. The van der Waals surface area contributed by atoms with Crippen molar-refractivity contribution in [2.45, 2.75) is 277 Å². The summed E-state index contributed by atoms with van der Waals surface area (Å²) in [4.78, 5) is 0. The predicted molar refractivity (Wildman–Crippen MR) is 557 cm³/mol. The van der Waals surface area contributed by atoms with Gasteiger partial charge >= 0.3 is 0 Å². The fourth-order valence-corrected chi connectivity index (χ4v) is 29.4. The number of aryl methyl sites for hydroxylation is 32. The van der Waals surface area contributed by atoms with Gasteiger partial charge in [0, 0.05) is 0 Å². The Morgan fingerprint density at radius 1 is 0.0403 bits per heavy atom. The molecule has 0 amide bonds. The van der Waals surface area contributed by atoms with E-state index in [1.165, 1.54) is 460 Å². The van der Waals surface area contributed by atoms with Crippen molar-refractivity contribution < 1.29 is 0 Å². The molecule has 0 N–H and O–H groups in total. The van der Waals surface area contributed by atoms with E-state index in [1.807, 2.05) is 0 Å². The van der Waals surface area contributed by atoms with Crippen LogP contribution >= 0.6 is 0 Å². The fraction of sp³-hybridized carbons (Fsp3) is 0.323. The highest BCUT2D eigenvalue weighted by Crippen LogP contribution is 2.64. The molecular weight excluding hydrogens is 1490 g/mol. The van der Waals surface area contributed by atoms with Crippen LogP contribution in [-0.4, -0.2) is 0 Å². The molecule has 0 nitrogen and oxygen atoms in total. The first kappa shape index (κ1) is 77.9. The molecule has 24 aromatic carbocycles. The molecule has 0 aliphatic carbocycles. The van der Waals surface area contributed by atoms with Crippen LogP contribution in [0.3, 0.4) is 0 Å². The standard InChI is InChI=1S/2C62H60/c2*1-21-25(5)41-26(6)22(2)30(10)44-52-38(18)56-48-35(15)36(16)50-58-40(20)54-46-32(12)24(4)28(8)42-27(7)23(3)31(11)45(60(42)46)53(54)39(19)57(58)49-34(14)33(13)47(61(48)62(49)50)55(56)37(17)51(52)43(29(21)9)59(41)44/h2*1-20H3. The summed E-state index contributed by atoms with van der Waals surface area (Å²) in [5, 5.41) is 65.6. The minimum absolute atomic E-state index is 1.44. The van der Waals surface area contributed by atoms with E-state index < -0.39 is 0 Å². The molecule has 0 saturated heterocycles. The van der Waals surface area contributed by atoms with E-state index in [2.05, 4.69) is 277 Å². The lowest BCUT2D eigenvalue weighted by Crippen LogP contribution is -1.96. The maximum absolute atomic E-state index is 2.48. The molecule has 616 valence electrons. The smallest absolute Gasteiger partial charge is 0.000793 e. The highest BCUT2D eigenvalue weighted by atomic mass is 14.4. The number of fused-ring (bicyclic) bond motifs is 24. The van der Waals surface area contributed by atoms with E-state index in [0.29, 0.717) is 0 Å². The first-order valence-electron chi connectivity index (χ1n) is 46.5. The molecule has 24 rings (SSSR count). The van der Waals surface area contributed by atoms with E-state index in [9.17, 15) is 0 Å². The van der Waals surface area contributed by atoms with Gasteiger partial charge < -0.3 is 0 Å². The molecule has 24 aromatic rings. The summed E-state index contributed by atoms with van der Waals surface area (Å²) >= 11 is 0. The normalized spacial score (nSPS) is 13.2. The third-order valence-electron chi connectivity index (χ3n) is 37.8. The summed E-state index contributed by atoms with van der Waals surface area (Å²) in [7, 11) is 0. The molecular formula is C124H120. The summed E-state index contributed by atoms with van der Waals surface area (Å²) in [5.41, 5.74) is 57.9. The minimum atomic E-state index is 1.44. The molecule has 0 atom stereocenters. The maximum atomic E-state index is 2.48. The van der Waals surface area contributed by atoms with E-state index in [-0.39, 0.29) is 0 Å². The van der Waals surface area contributed by atoms with Gasteiger partial charge in [0.05, 0.1) is 0 Å². The summed E-state index contributed by atoms with van der Waals surface area (Å²) < 4.78 is 0. The van der Waals surface area contributed by atoms with Crippen molar-refractivity contribution in [2.75, 3.05) is 0 Å². The van der Waals surface area contributed by atoms with Gasteiger partial charge in [0.1, 0.15) is 0 Å². The lowest BCUT2D eigenvalue weighted by molar-refractivity contribution is 1.28. The monoisotopic (exact) mass is 1610 g/mol. The zero-order valence-electron chi connectivity index (χ0n) is 82.0. The summed E-state index contributed by atoms with van der Waals surface area (Å²) in [5.74, 6) is 0. The molecule has 0 radical (unpaired) electrons. The molecule has 0 heterocycles. The Morgan fingerprint density at radius 3 is 0.169 bits per heavy atom. The van der Waals surface area contributed by atoms with Gasteiger partial charge in [0.25, 0.3) is 0 Å². The van der Waals surface area contributed by atoms with Gasteiger partial charge in [-0.15, -0.1) is 0 Å². The van der Waals surface area contributed by atoms with Gasteiger partial charge in [-0.05, 0) is 736 Å². The topological polar surface area (TPSA) is 0 Å². The van der Waals surface area contributed by atoms with Crippen LogP contribution in [0.4, 0.5) is 0 Å².